The number of hydrogen-bond donors (Lipinski definition) is 1. The zero-order valence-corrected chi connectivity index (χ0v) is 17.0. The molecule has 0 amide bonds. The lowest BCUT2D eigenvalue weighted by Gasteiger charge is -2.02. The minimum atomic E-state index is -0.369. The second-order valence-corrected chi connectivity index (χ2v) is 6.91. The third-order valence-corrected chi connectivity index (χ3v) is 4.80. The van der Waals surface area contributed by atoms with Crippen molar-refractivity contribution in [2.24, 2.45) is 0 Å². The van der Waals surface area contributed by atoms with Crippen molar-refractivity contribution in [3.8, 4) is 17.1 Å². The topological polar surface area (TPSA) is 89.9 Å². The highest BCUT2D eigenvalue weighted by Crippen LogP contribution is 2.29. The fourth-order valence-corrected chi connectivity index (χ4v) is 3.34. The predicted octanol–water partition coefficient (Wildman–Crippen LogP) is 5.78. The van der Waals surface area contributed by atoms with Gasteiger partial charge in [-0.3, -0.25) is 4.79 Å². The zero-order valence-electron chi connectivity index (χ0n) is 17.0. The van der Waals surface area contributed by atoms with Gasteiger partial charge in [0.25, 0.3) is 0 Å². The quantitative estimate of drug-likeness (QED) is 0.243. The molecule has 6 heteroatoms. The van der Waals surface area contributed by atoms with Gasteiger partial charge in [0, 0.05) is 10.9 Å². The van der Waals surface area contributed by atoms with E-state index < -0.39 is 0 Å². The van der Waals surface area contributed by atoms with Gasteiger partial charge in [0.15, 0.2) is 5.78 Å². The van der Waals surface area contributed by atoms with Crippen LogP contribution in [0.4, 0.5) is 0 Å². The maximum Gasteiger partial charge on any atom is 0.338 e. The van der Waals surface area contributed by atoms with Gasteiger partial charge in [0.1, 0.15) is 28.6 Å². The summed E-state index contributed by atoms with van der Waals surface area (Å²) in [5.41, 5.74) is 2.21. The van der Waals surface area contributed by atoms with E-state index in [1.807, 2.05) is 0 Å². The van der Waals surface area contributed by atoms with Crippen LogP contribution in [0.15, 0.2) is 69.5 Å². The van der Waals surface area contributed by atoms with E-state index in [1.54, 1.807) is 62.4 Å². The van der Waals surface area contributed by atoms with Gasteiger partial charge in [0.2, 0.25) is 0 Å². The highest BCUT2D eigenvalue weighted by atomic mass is 16.5. The van der Waals surface area contributed by atoms with Gasteiger partial charge in [-0.05, 0) is 68.5 Å². The standard InChI is InChI=1S/C25H20O6/c1-3-29-25(28)17-6-4-16(5-7-17)22-13-10-19(31-22)9-11-21(27)24-15(2)30-23-12-8-18(26)14-20(23)24/h4-14,26H,3H2,1-2H3. The third kappa shape index (κ3) is 4.14. The van der Waals surface area contributed by atoms with Crippen LogP contribution in [-0.2, 0) is 4.74 Å². The van der Waals surface area contributed by atoms with Crippen LogP contribution in [0.1, 0.15) is 39.2 Å². The van der Waals surface area contributed by atoms with E-state index >= 15 is 0 Å². The van der Waals surface area contributed by atoms with Crippen LogP contribution in [0.3, 0.4) is 0 Å². The Bertz CT molecular complexity index is 1290. The summed E-state index contributed by atoms with van der Waals surface area (Å²) >= 11 is 0. The first-order chi connectivity index (χ1) is 15.0. The molecule has 0 aliphatic carbocycles. The monoisotopic (exact) mass is 416 g/mol. The summed E-state index contributed by atoms with van der Waals surface area (Å²) in [6.07, 6.45) is 2.99. The molecule has 2 aromatic carbocycles. The Morgan fingerprint density at radius 3 is 2.55 bits per heavy atom. The van der Waals surface area contributed by atoms with E-state index in [-0.39, 0.29) is 17.5 Å². The molecule has 2 heterocycles. The van der Waals surface area contributed by atoms with Crippen LogP contribution in [0, 0.1) is 6.92 Å². The Morgan fingerprint density at radius 1 is 1.03 bits per heavy atom. The van der Waals surface area contributed by atoms with Gasteiger partial charge < -0.3 is 18.7 Å². The highest BCUT2D eigenvalue weighted by Gasteiger charge is 2.17. The molecule has 1 N–H and O–H groups in total. The Labute approximate surface area is 178 Å². The molecule has 0 spiro atoms. The second kappa shape index (κ2) is 8.36. The van der Waals surface area contributed by atoms with Crippen LogP contribution in [0.2, 0.25) is 0 Å². The van der Waals surface area contributed by atoms with E-state index in [4.69, 9.17) is 13.6 Å². The fourth-order valence-electron chi connectivity index (χ4n) is 3.34. The molecule has 0 aliphatic heterocycles. The van der Waals surface area contributed by atoms with Gasteiger partial charge >= 0.3 is 5.97 Å². The number of rotatable bonds is 6. The largest absolute Gasteiger partial charge is 0.508 e. The van der Waals surface area contributed by atoms with Crippen molar-refractivity contribution < 1.29 is 28.3 Å². The number of benzene rings is 2. The molecule has 0 saturated heterocycles. The molecule has 0 atom stereocenters. The summed E-state index contributed by atoms with van der Waals surface area (Å²) in [6, 6.07) is 15.1. The number of phenols is 1. The first-order valence-corrected chi connectivity index (χ1v) is 9.78. The maximum absolute atomic E-state index is 12.7. The van der Waals surface area contributed by atoms with E-state index in [0.29, 0.717) is 46.0 Å². The van der Waals surface area contributed by atoms with Crippen molar-refractivity contribution in [3.63, 3.8) is 0 Å². The minimum absolute atomic E-state index is 0.0657. The molecule has 156 valence electrons. The molecule has 0 unspecified atom stereocenters. The Kier molecular flexibility index (Phi) is 5.45. The molecule has 6 nitrogen and oxygen atoms in total. The van der Waals surface area contributed by atoms with Crippen molar-refractivity contribution in [2.75, 3.05) is 6.61 Å². The third-order valence-electron chi connectivity index (χ3n) is 4.80. The van der Waals surface area contributed by atoms with E-state index in [2.05, 4.69) is 0 Å². The van der Waals surface area contributed by atoms with Crippen molar-refractivity contribution in [1.29, 1.82) is 0 Å². The van der Waals surface area contributed by atoms with Crippen molar-refractivity contribution in [1.82, 2.24) is 0 Å². The molecule has 0 bridgehead atoms. The Balaban J connectivity index is 1.53. The highest BCUT2D eigenvalue weighted by molar-refractivity contribution is 6.15. The molecular formula is C25H20O6. The summed E-state index contributed by atoms with van der Waals surface area (Å²) in [6.45, 7) is 3.79. The number of aryl methyl sites for hydroxylation is 1. The van der Waals surface area contributed by atoms with Crippen LogP contribution >= 0.6 is 0 Å². The second-order valence-electron chi connectivity index (χ2n) is 6.91. The average Bonchev–Trinajstić information content (AvgIpc) is 3.36. The van der Waals surface area contributed by atoms with Gasteiger partial charge in [0.05, 0.1) is 17.7 Å². The summed E-state index contributed by atoms with van der Waals surface area (Å²) in [7, 11) is 0. The Morgan fingerprint density at radius 2 is 1.81 bits per heavy atom. The van der Waals surface area contributed by atoms with Crippen LogP contribution in [0.5, 0.6) is 5.75 Å². The number of hydrogen-bond acceptors (Lipinski definition) is 6. The van der Waals surface area contributed by atoms with Gasteiger partial charge in [-0.25, -0.2) is 4.79 Å². The van der Waals surface area contributed by atoms with E-state index in [9.17, 15) is 14.7 Å². The SMILES string of the molecule is CCOC(=O)c1ccc(-c2ccc(C=CC(=O)c3c(C)oc4ccc(O)cc34)o2)cc1. The predicted molar refractivity (Wildman–Crippen MR) is 116 cm³/mol. The summed E-state index contributed by atoms with van der Waals surface area (Å²) in [5, 5.41) is 10.3. The van der Waals surface area contributed by atoms with Crippen LogP contribution < -0.4 is 0 Å². The van der Waals surface area contributed by atoms with Crippen LogP contribution in [-0.4, -0.2) is 23.5 Å². The maximum atomic E-state index is 12.7. The summed E-state index contributed by atoms with van der Waals surface area (Å²) < 4.78 is 16.4. The molecule has 0 saturated carbocycles. The molecule has 4 rings (SSSR count). The number of carbonyl (C=O) groups is 2. The molecule has 4 aromatic rings. The number of furan rings is 2. The lowest BCUT2D eigenvalue weighted by molar-refractivity contribution is 0.0526. The molecule has 31 heavy (non-hydrogen) atoms. The Hall–Kier alpha value is -4.06. The van der Waals surface area contributed by atoms with E-state index in [1.165, 1.54) is 18.2 Å². The lowest BCUT2D eigenvalue weighted by atomic mass is 10.1. The van der Waals surface area contributed by atoms with Crippen molar-refractivity contribution >= 4 is 28.8 Å². The molecule has 0 aliphatic rings. The fraction of sp³-hybridized carbons (Fsp3) is 0.120. The molecule has 2 aromatic heterocycles. The number of fused-ring (bicyclic) bond motifs is 1. The molecule has 0 radical (unpaired) electrons. The number of ether oxygens (including phenoxy) is 1. The smallest absolute Gasteiger partial charge is 0.338 e. The summed E-state index contributed by atoms with van der Waals surface area (Å²) in [4.78, 5) is 24.5. The average molecular weight is 416 g/mol. The van der Waals surface area contributed by atoms with Gasteiger partial charge in [-0.15, -0.1) is 0 Å². The number of ketones is 1. The number of esters is 1. The first kappa shape index (κ1) is 20.2. The number of carbonyl (C=O) groups excluding carboxylic acids is 2. The first-order valence-electron chi connectivity index (χ1n) is 9.78. The van der Waals surface area contributed by atoms with Crippen molar-refractivity contribution in [3.05, 3.63) is 83.3 Å². The van der Waals surface area contributed by atoms with Crippen molar-refractivity contribution in [2.45, 2.75) is 13.8 Å². The normalized spacial score (nSPS) is 11.3. The van der Waals surface area contributed by atoms with E-state index in [0.717, 1.165) is 5.56 Å². The van der Waals surface area contributed by atoms with Crippen LogP contribution in [0.25, 0.3) is 28.4 Å². The molecular weight excluding hydrogens is 396 g/mol. The number of allylic oxidation sites excluding steroid dienone is 1. The van der Waals surface area contributed by atoms with Gasteiger partial charge in [-0.1, -0.05) is 12.1 Å². The van der Waals surface area contributed by atoms with Gasteiger partial charge in [-0.2, -0.15) is 0 Å². The lowest BCUT2D eigenvalue weighted by Crippen LogP contribution is -2.03. The summed E-state index contributed by atoms with van der Waals surface area (Å²) in [5.74, 6) is 1.04. The minimum Gasteiger partial charge on any atom is -0.508 e. The number of phenolic OH excluding ortho intramolecular Hbond substituents is 1. The zero-order chi connectivity index (χ0) is 22.0. The number of aromatic hydroxyl groups is 1. The molecule has 0 fully saturated rings.